The standard InChI is InChI=1S/C29H31FN4O3/c1-20-16-34(21(2)19-35)29(36)26-14-23(8-7-22-9-11-24(30)12-10-22)15-32-28(26)37-27(20)18-33(3)17-25-6-4-5-13-31-25/h4-6,9-15,20-21,27,35H,16-19H2,1-3H3/t20-,21+,27-/m1/s1. The van der Waals surface area contributed by atoms with Gasteiger partial charge in [0.05, 0.1) is 18.3 Å². The predicted molar refractivity (Wildman–Crippen MR) is 138 cm³/mol. The van der Waals surface area contributed by atoms with Gasteiger partial charge in [-0.15, -0.1) is 0 Å². The Hall–Kier alpha value is -3.80. The van der Waals surface area contributed by atoms with Crippen molar-refractivity contribution >= 4 is 5.91 Å². The summed E-state index contributed by atoms with van der Waals surface area (Å²) in [5.74, 6) is 5.61. The molecule has 7 nitrogen and oxygen atoms in total. The fraction of sp³-hybridized carbons (Fsp3) is 0.345. The number of fused-ring (bicyclic) bond motifs is 1. The normalized spacial score (nSPS) is 18.2. The maximum atomic E-state index is 13.6. The summed E-state index contributed by atoms with van der Waals surface area (Å²) < 4.78 is 19.5. The molecule has 4 rings (SSSR count). The number of carbonyl (C=O) groups is 1. The summed E-state index contributed by atoms with van der Waals surface area (Å²) in [6, 6.07) is 13.0. The summed E-state index contributed by atoms with van der Waals surface area (Å²) in [5, 5.41) is 9.86. The van der Waals surface area contributed by atoms with Crippen LogP contribution in [0.2, 0.25) is 0 Å². The van der Waals surface area contributed by atoms with E-state index in [0.717, 1.165) is 5.69 Å². The molecule has 1 N–H and O–H groups in total. The van der Waals surface area contributed by atoms with Gasteiger partial charge in [0.25, 0.3) is 5.91 Å². The van der Waals surface area contributed by atoms with Gasteiger partial charge in [-0.1, -0.05) is 24.8 Å². The van der Waals surface area contributed by atoms with Gasteiger partial charge in [-0.25, -0.2) is 9.37 Å². The zero-order valence-electron chi connectivity index (χ0n) is 21.3. The molecule has 2 aromatic heterocycles. The van der Waals surface area contributed by atoms with Crippen LogP contribution in [0.15, 0.2) is 60.9 Å². The molecule has 0 fully saturated rings. The van der Waals surface area contributed by atoms with E-state index in [4.69, 9.17) is 4.74 Å². The second kappa shape index (κ2) is 12.0. The number of aromatic nitrogens is 2. The monoisotopic (exact) mass is 502 g/mol. The van der Waals surface area contributed by atoms with Crippen molar-refractivity contribution in [3.63, 3.8) is 0 Å². The van der Waals surface area contributed by atoms with E-state index in [1.54, 1.807) is 35.5 Å². The van der Waals surface area contributed by atoms with Gasteiger partial charge < -0.3 is 14.7 Å². The van der Waals surface area contributed by atoms with Crippen LogP contribution in [0.25, 0.3) is 0 Å². The van der Waals surface area contributed by atoms with E-state index in [2.05, 4.69) is 26.7 Å². The molecule has 3 heterocycles. The predicted octanol–water partition coefficient (Wildman–Crippen LogP) is 3.37. The molecule has 0 aliphatic carbocycles. The summed E-state index contributed by atoms with van der Waals surface area (Å²) in [6.45, 7) is 5.38. The molecule has 192 valence electrons. The third kappa shape index (κ3) is 6.70. The first kappa shape index (κ1) is 26.3. The lowest BCUT2D eigenvalue weighted by Gasteiger charge is -2.37. The fourth-order valence-electron chi connectivity index (χ4n) is 4.21. The van der Waals surface area contributed by atoms with Crippen molar-refractivity contribution in [1.82, 2.24) is 19.8 Å². The molecule has 0 unspecified atom stereocenters. The van der Waals surface area contributed by atoms with Crippen LogP contribution < -0.4 is 4.74 Å². The summed E-state index contributed by atoms with van der Waals surface area (Å²) in [7, 11) is 2.01. The number of likely N-dealkylation sites (N-methyl/N-ethyl adjacent to an activating group) is 1. The Morgan fingerprint density at radius 3 is 2.65 bits per heavy atom. The van der Waals surface area contributed by atoms with Gasteiger partial charge in [-0.2, -0.15) is 0 Å². The lowest BCUT2D eigenvalue weighted by molar-refractivity contribution is 0.0324. The molecule has 1 aliphatic heterocycles. The van der Waals surface area contributed by atoms with E-state index in [0.29, 0.717) is 36.3 Å². The zero-order chi connectivity index (χ0) is 26.4. The Labute approximate surface area is 216 Å². The van der Waals surface area contributed by atoms with Crippen LogP contribution in [-0.2, 0) is 6.54 Å². The van der Waals surface area contributed by atoms with Gasteiger partial charge in [0.15, 0.2) is 0 Å². The number of hydrogen-bond acceptors (Lipinski definition) is 6. The average Bonchev–Trinajstić information content (AvgIpc) is 2.90. The minimum Gasteiger partial charge on any atom is -0.472 e. The molecule has 0 saturated carbocycles. The third-order valence-corrected chi connectivity index (χ3v) is 6.37. The van der Waals surface area contributed by atoms with Crippen molar-refractivity contribution < 1.29 is 19.0 Å². The maximum Gasteiger partial charge on any atom is 0.259 e. The number of benzene rings is 1. The highest BCUT2D eigenvalue weighted by Gasteiger charge is 2.34. The lowest BCUT2D eigenvalue weighted by atomic mass is 10.00. The molecule has 1 aliphatic rings. The van der Waals surface area contributed by atoms with Gasteiger partial charge in [0.1, 0.15) is 17.5 Å². The summed E-state index contributed by atoms with van der Waals surface area (Å²) in [6.07, 6.45) is 3.09. The molecule has 3 atom stereocenters. The number of ether oxygens (including phenoxy) is 1. The van der Waals surface area contributed by atoms with Crippen LogP contribution in [-0.4, -0.2) is 69.7 Å². The van der Waals surface area contributed by atoms with Crippen LogP contribution in [0, 0.1) is 23.6 Å². The van der Waals surface area contributed by atoms with Gasteiger partial charge in [-0.3, -0.25) is 14.7 Å². The molecule has 8 heteroatoms. The van der Waals surface area contributed by atoms with Crippen LogP contribution in [0.5, 0.6) is 5.88 Å². The van der Waals surface area contributed by atoms with Crippen LogP contribution >= 0.6 is 0 Å². The number of carbonyl (C=O) groups excluding carboxylic acids is 1. The fourth-order valence-corrected chi connectivity index (χ4v) is 4.21. The summed E-state index contributed by atoms with van der Waals surface area (Å²) >= 11 is 0. The van der Waals surface area contributed by atoms with Crippen molar-refractivity contribution in [1.29, 1.82) is 0 Å². The van der Waals surface area contributed by atoms with E-state index in [1.807, 2.05) is 39.1 Å². The molecule has 0 radical (unpaired) electrons. The van der Waals surface area contributed by atoms with Crippen molar-refractivity contribution in [2.45, 2.75) is 32.5 Å². The number of amides is 1. The maximum absolute atomic E-state index is 13.6. The molecule has 3 aromatic rings. The Kier molecular flexibility index (Phi) is 8.49. The number of hydrogen-bond donors (Lipinski definition) is 1. The SMILES string of the molecule is C[C@@H]1CN([C@@H](C)CO)C(=O)c2cc(C#Cc3ccc(F)cc3)cnc2O[C@@H]1CN(C)Cc1ccccn1. The number of aliphatic hydroxyl groups excluding tert-OH is 1. The van der Waals surface area contributed by atoms with Gasteiger partial charge in [-0.05, 0) is 56.4 Å². The van der Waals surface area contributed by atoms with E-state index in [9.17, 15) is 14.3 Å². The third-order valence-electron chi connectivity index (χ3n) is 6.37. The Bertz CT molecular complexity index is 1270. The topological polar surface area (TPSA) is 78.8 Å². The number of nitrogens with zero attached hydrogens (tertiary/aromatic N) is 4. The first-order valence-corrected chi connectivity index (χ1v) is 12.3. The van der Waals surface area contributed by atoms with E-state index in [-0.39, 0.29) is 42.3 Å². The second-order valence-corrected chi connectivity index (χ2v) is 9.47. The Morgan fingerprint density at radius 2 is 1.95 bits per heavy atom. The van der Waals surface area contributed by atoms with Crippen molar-refractivity contribution in [3.05, 3.63) is 89.1 Å². The second-order valence-electron chi connectivity index (χ2n) is 9.47. The number of rotatable bonds is 6. The smallest absolute Gasteiger partial charge is 0.259 e. The van der Waals surface area contributed by atoms with Gasteiger partial charge in [0, 0.05) is 49.1 Å². The van der Waals surface area contributed by atoms with Crippen molar-refractivity contribution in [2.75, 3.05) is 26.7 Å². The highest BCUT2D eigenvalue weighted by molar-refractivity contribution is 5.97. The van der Waals surface area contributed by atoms with Crippen molar-refractivity contribution in [3.8, 4) is 17.7 Å². The van der Waals surface area contributed by atoms with Crippen molar-refractivity contribution in [2.24, 2.45) is 5.92 Å². The van der Waals surface area contributed by atoms with E-state index >= 15 is 0 Å². The summed E-state index contributed by atoms with van der Waals surface area (Å²) in [5.41, 5.74) is 2.44. The first-order chi connectivity index (χ1) is 17.8. The van der Waals surface area contributed by atoms with Crippen LogP contribution in [0.1, 0.15) is 41.0 Å². The average molecular weight is 503 g/mol. The van der Waals surface area contributed by atoms with Crippen LogP contribution in [0.4, 0.5) is 4.39 Å². The number of pyridine rings is 2. The Balaban J connectivity index is 1.62. The lowest BCUT2D eigenvalue weighted by Crippen LogP contribution is -2.49. The molecule has 37 heavy (non-hydrogen) atoms. The first-order valence-electron chi connectivity index (χ1n) is 12.3. The molecular formula is C29H31FN4O3. The van der Waals surface area contributed by atoms with Gasteiger partial charge in [0.2, 0.25) is 5.88 Å². The number of halogens is 1. The quantitative estimate of drug-likeness (QED) is 0.521. The minimum absolute atomic E-state index is 0.0166. The molecule has 0 bridgehead atoms. The highest BCUT2D eigenvalue weighted by atomic mass is 19.1. The highest BCUT2D eigenvalue weighted by Crippen LogP contribution is 2.27. The number of aliphatic hydroxyl groups is 1. The summed E-state index contributed by atoms with van der Waals surface area (Å²) in [4.78, 5) is 26.2. The molecule has 0 saturated heterocycles. The van der Waals surface area contributed by atoms with Gasteiger partial charge >= 0.3 is 0 Å². The molecule has 0 spiro atoms. The Morgan fingerprint density at radius 1 is 1.19 bits per heavy atom. The minimum atomic E-state index is -0.373. The van der Waals surface area contributed by atoms with Crippen LogP contribution in [0.3, 0.4) is 0 Å². The molecule has 1 amide bonds. The van der Waals surface area contributed by atoms with E-state index in [1.165, 1.54) is 12.1 Å². The molecule has 1 aromatic carbocycles. The molecular weight excluding hydrogens is 471 g/mol. The zero-order valence-corrected chi connectivity index (χ0v) is 21.3. The largest absolute Gasteiger partial charge is 0.472 e. The van der Waals surface area contributed by atoms with E-state index < -0.39 is 0 Å².